The summed E-state index contributed by atoms with van der Waals surface area (Å²) >= 11 is 0. The summed E-state index contributed by atoms with van der Waals surface area (Å²) in [6.07, 6.45) is -2.43. The Morgan fingerprint density at radius 1 is 1.22 bits per heavy atom. The standard InChI is InChI=1S/C12H23F3N2O/c1-8(2)18-7-11(17-16)9-3-5-10(6-4-9)12(13,14)15/h8-11,17H,3-7,16H2,1-2H3. The highest BCUT2D eigenvalue weighted by Gasteiger charge is 2.42. The Bertz CT molecular complexity index is 238. The number of hydrogen-bond acceptors (Lipinski definition) is 3. The molecule has 1 aliphatic rings. The summed E-state index contributed by atoms with van der Waals surface area (Å²) in [7, 11) is 0. The van der Waals surface area contributed by atoms with Crippen molar-refractivity contribution >= 4 is 0 Å². The molecule has 6 heteroatoms. The van der Waals surface area contributed by atoms with Gasteiger partial charge in [0.1, 0.15) is 0 Å². The minimum absolute atomic E-state index is 0.0541. The SMILES string of the molecule is CC(C)OCC(NN)C1CCC(C(F)(F)F)CC1. The molecule has 0 aromatic heterocycles. The van der Waals surface area contributed by atoms with Crippen LogP contribution in [0.3, 0.4) is 0 Å². The molecule has 3 nitrogen and oxygen atoms in total. The monoisotopic (exact) mass is 268 g/mol. The van der Waals surface area contributed by atoms with E-state index in [0.717, 1.165) is 0 Å². The smallest absolute Gasteiger partial charge is 0.377 e. The van der Waals surface area contributed by atoms with Crippen molar-refractivity contribution in [3.05, 3.63) is 0 Å². The molecule has 0 bridgehead atoms. The molecule has 108 valence electrons. The van der Waals surface area contributed by atoms with Crippen LogP contribution in [0.1, 0.15) is 39.5 Å². The number of hydrazine groups is 1. The maximum Gasteiger partial charge on any atom is 0.391 e. The zero-order chi connectivity index (χ0) is 13.8. The second kappa shape index (κ2) is 6.73. The molecule has 0 amide bonds. The van der Waals surface area contributed by atoms with Crippen molar-refractivity contribution in [2.75, 3.05) is 6.61 Å². The van der Waals surface area contributed by atoms with Crippen molar-refractivity contribution in [2.24, 2.45) is 17.7 Å². The van der Waals surface area contributed by atoms with E-state index in [1.807, 2.05) is 13.8 Å². The summed E-state index contributed by atoms with van der Waals surface area (Å²) in [5.41, 5.74) is 2.67. The van der Waals surface area contributed by atoms with Crippen LogP contribution < -0.4 is 11.3 Å². The summed E-state index contributed by atoms with van der Waals surface area (Å²) in [5, 5.41) is 0. The van der Waals surface area contributed by atoms with Crippen molar-refractivity contribution in [3.63, 3.8) is 0 Å². The fraction of sp³-hybridized carbons (Fsp3) is 1.00. The van der Waals surface area contributed by atoms with Gasteiger partial charge in [-0.3, -0.25) is 11.3 Å². The molecule has 0 aromatic carbocycles. The fourth-order valence-corrected chi connectivity index (χ4v) is 2.47. The van der Waals surface area contributed by atoms with Crippen LogP contribution in [0, 0.1) is 11.8 Å². The molecule has 3 N–H and O–H groups in total. The Kier molecular flexibility index (Phi) is 5.88. The van der Waals surface area contributed by atoms with Crippen LogP contribution in [-0.4, -0.2) is 24.9 Å². The largest absolute Gasteiger partial charge is 0.391 e. The van der Waals surface area contributed by atoms with Crippen LogP contribution >= 0.6 is 0 Å². The molecule has 1 unspecified atom stereocenters. The van der Waals surface area contributed by atoms with Crippen molar-refractivity contribution in [3.8, 4) is 0 Å². The Morgan fingerprint density at radius 3 is 2.17 bits per heavy atom. The molecule has 1 atom stereocenters. The van der Waals surface area contributed by atoms with Gasteiger partial charge < -0.3 is 4.74 Å². The third-order valence-electron chi connectivity index (χ3n) is 3.63. The first-order valence-corrected chi connectivity index (χ1v) is 6.49. The van der Waals surface area contributed by atoms with E-state index < -0.39 is 12.1 Å². The lowest BCUT2D eigenvalue weighted by atomic mass is 9.78. The van der Waals surface area contributed by atoms with E-state index in [4.69, 9.17) is 10.6 Å². The average Bonchev–Trinajstić information content (AvgIpc) is 2.29. The van der Waals surface area contributed by atoms with E-state index in [1.54, 1.807) is 0 Å². The molecule has 0 aromatic rings. The van der Waals surface area contributed by atoms with Gasteiger partial charge in [-0.25, -0.2) is 0 Å². The topological polar surface area (TPSA) is 47.3 Å². The van der Waals surface area contributed by atoms with Crippen molar-refractivity contribution in [2.45, 2.75) is 57.9 Å². The van der Waals surface area contributed by atoms with Gasteiger partial charge in [0.25, 0.3) is 0 Å². The van der Waals surface area contributed by atoms with Gasteiger partial charge in [-0.1, -0.05) is 0 Å². The van der Waals surface area contributed by atoms with E-state index in [2.05, 4.69) is 5.43 Å². The minimum Gasteiger partial charge on any atom is -0.377 e. The zero-order valence-corrected chi connectivity index (χ0v) is 11.0. The molecular weight excluding hydrogens is 245 g/mol. The summed E-state index contributed by atoms with van der Waals surface area (Å²) in [6, 6.07) is -0.0541. The number of ether oxygens (including phenoxy) is 1. The fourth-order valence-electron chi connectivity index (χ4n) is 2.47. The first kappa shape index (κ1) is 15.7. The van der Waals surface area contributed by atoms with Crippen LogP contribution in [-0.2, 0) is 4.74 Å². The van der Waals surface area contributed by atoms with Crippen LogP contribution in [0.4, 0.5) is 13.2 Å². The van der Waals surface area contributed by atoms with Crippen LogP contribution in [0.25, 0.3) is 0 Å². The van der Waals surface area contributed by atoms with Crippen molar-refractivity contribution in [1.82, 2.24) is 5.43 Å². The molecule has 18 heavy (non-hydrogen) atoms. The summed E-state index contributed by atoms with van der Waals surface area (Å²) in [6.45, 7) is 4.30. The van der Waals surface area contributed by atoms with Crippen LogP contribution in [0.5, 0.6) is 0 Å². The predicted molar refractivity (Wildman–Crippen MR) is 63.7 cm³/mol. The lowest BCUT2D eigenvalue weighted by Gasteiger charge is -2.34. The lowest BCUT2D eigenvalue weighted by molar-refractivity contribution is -0.184. The normalized spacial score (nSPS) is 27.5. The Labute approximate surface area is 106 Å². The van der Waals surface area contributed by atoms with Gasteiger partial charge in [0.05, 0.1) is 18.6 Å². The van der Waals surface area contributed by atoms with Gasteiger partial charge in [-0.15, -0.1) is 0 Å². The van der Waals surface area contributed by atoms with E-state index in [0.29, 0.717) is 19.4 Å². The predicted octanol–water partition coefficient (Wildman–Crippen LogP) is 2.61. The van der Waals surface area contributed by atoms with E-state index in [-0.39, 0.29) is 30.9 Å². The quantitative estimate of drug-likeness (QED) is 0.595. The minimum atomic E-state index is -4.05. The Balaban J connectivity index is 2.40. The van der Waals surface area contributed by atoms with E-state index in [1.165, 1.54) is 0 Å². The first-order valence-electron chi connectivity index (χ1n) is 6.49. The highest BCUT2D eigenvalue weighted by Crippen LogP contribution is 2.40. The maximum atomic E-state index is 12.5. The number of alkyl halides is 3. The second-order valence-electron chi connectivity index (χ2n) is 5.31. The number of rotatable bonds is 5. The summed E-state index contributed by atoms with van der Waals surface area (Å²) < 4.78 is 43.1. The highest BCUT2D eigenvalue weighted by atomic mass is 19.4. The molecule has 1 fully saturated rings. The Morgan fingerprint density at radius 2 is 1.78 bits per heavy atom. The molecular formula is C12H23F3N2O. The van der Waals surface area contributed by atoms with Crippen LogP contribution in [0.15, 0.2) is 0 Å². The van der Waals surface area contributed by atoms with Crippen molar-refractivity contribution in [1.29, 1.82) is 0 Å². The molecule has 1 saturated carbocycles. The molecule has 0 spiro atoms. The highest BCUT2D eigenvalue weighted by molar-refractivity contribution is 4.83. The molecule has 1 aliphatic carbocycles. The van der Waals surface area contributed by atoms with Gasteiger partial charge >= 0.3 is 6.18 Å². The van der Waals surface area contributed by atoms with Gasteiger partial charge in [0.2, 0.25) is 0 Å². The first-order chi connectivity index (χ1) is 8.34. The second-order valence-corrected chi connectivity index (χ2v) is 5.31. The molecule has 1 rings (SSSR count). The zero-order valence-electron chi connectivity index (χ0n) is 11.0. The maximum absolute atomic E-state index is 12.5. The van der Waals surface area contributed by atoms with Crippen LogP contribution in [0.2, 0.25) is 0 Å². The number of nitrogens with one attached hydrogen (secondary N) is 1. The molecule has 0 saturated heterocycles. The van der Waals surface area contributed by atoms with E-state index >= 15 is 0 Å². The van der Waals surface area contributed by atoms with Gasteiger partial charge in [-0.2, -0.15) is 13.2 Å². The molecule has 0 aliphatic heterocycles. The third kappa shape index (κ3) is 4.74. The number of nitrogens with two attached hydrogens (primary N) is 1. The lowest BCUT2D eigenvalue weighted by Crippen LogP contribution is -2.46. The average molecular weight is 268 g/mol. The number of halogens is 3. The van der Waals surface area contributed by atoms with Crippen molar-refractivity contribution < 1.29 is 17.9 Å². The van der Waals surface area contributed by atoms with Gasteiger partial charge in [0.15, 0.2) is 0 Å². The Hall–Kier alpha value is -0.330. The molecule has 0 heterocycles. The van der Waals surface area contributed by atoms with Gasteiger partial charge in [-0.05, 0) is 45.4 Å². The number of hydrogen-bond donors (Lipinski definition) is 2. The summed E-state index contributed by atoms with van der Waals surface area (Å²) in [4.78, 5) is 0. The third-order valence-corrected chi connectivity index (χ3v) is 3.63. The van der Waals surface area contributed by atoms with Gasteiger partial charge in [0, 0.05) is 6.04 Å². The summed E-state index contributed by atoms with van der Waals surface area (Å²) in [5.74, 6) is 4.49. The van der Waals surface area contributed by atoms with E-state index in [9.17, 15) is 13.2 Å². The molecule has 0 radical (unpaired) electrons.